The zero-order valence-electron chi connectivity index (χ0n) is 13.2. The van der Waals surface area contributed by atoms with Gasteiger partial charge < -0.3 is 19.5 Å². The number of likely N-dealkylation sites (N-methyl/N-ethyl adjacent to an activating group) is 1. The molecule has 0 aromatic heterocycles. The quantitative estimate of drug-likeness (QED) is 0.853. The van der Waals surface area contributed by atoms with Gasteiger partial charge in [0.05, 0.1) is 5.41 Å². The molecule has 0 bridgehead atoms. The highest BCUT2D eigenvalue weighted by atomic mass is 16.6. The molecule has 1 aromatic carbocycles. The molecule has 1 aliphatic heterocycles. The Morgan fingerprint density at radius 3 is 2.57 bits per heavy atom. The fourth-order valence-electron chi connectivity index (χ4n) is 3.27. The van der Waals surface area contributed by atoms with Crippen LogP contribution in [0.4, 0.5) is 0 Å². The first kappa shape index (κ1) is 15.6. The Labute approximate surface area is 135 Å². The SMILES string of the molecule is CNC(=O)COC(=O)C1(c2ccc3c(c2)OCCO3)CCCC1. The third-order valence-corrected chi connectivity index (χ3v) is 4.56. The van der Waals surface area contributed by atoms with Crippen LogP contribution in [0, 0.1) is 0 Å². The molecule has 1 aliphatic carbocycles. The Kier molecular flexibility index (Phi) is 4.41. The van der Waals surface area contributed by atoms with Gasteiger partial charge in [-0.1, -0.05) is 18.9 Å². The second kappa shape index (κ2) is 6.48. The van der Waals surface area contributed by atoms with Gasteiger partial charge in [0, 0.05) is 7.05 Å². The van der Waals surface area contributed by atoms with E-state index >= 15 is 0 Å². The highest BCUT2D eigenvalue weighted by molar-refractivity contribution is 5.87. The van der Waals surface area contributed by atoms with Crippen molar-refractivity contribution in [3.63, 3.8) is 0 Å². The normalized spacial score (nSPS) is 18.3. The Balaban J connectivity index is 1.85. The molecule has 2 aliphatic rings. The largest absolute Gasteiger partial charge is 0.486 e. The summed E-state index contributed by atoms with van der Waals surface area (Å²) in [4.78, 5) is 24.0. The Hall–Kier alpha value is -2.24. The lowest BCUT2D eigenvalue weighted by molar-refractivity contribution is -0.154. The molecule has 1 aromatic rings. The summed E-state index contributed by atoms with van der Waals surface area (Å²) in [6, 6.07) is 5.62. The number of esters is 1. The van der Waals surface area contributed by atoms with Crippen LogP contribution in [-0.2, 0) is 19.7 Å². The van der Waals surface area contributed by atoms with Crippen LogP contribution in [0.5, 0.6) is 11.5 Å². The van der Waals surface area contributed by atoms with Crippen LogP contribution in [0.15, 0.2) is 18.2 Å². The van der Waals surface area contributed by atoms with Crippen LogP contribution in [0.3, 0.4) is 0 Å². The van der Waals surface area contributed by atoms with Crippen LogP contribution >= 0.6 is 0 Å². The Morgan fingerprint density at radius 1 is 1.17 bits per heavy atom. The average Bonchev–Trinajstić information content (AvgIpc) is 3.10. The number of hydrogen-bond acceptors (Lipinski definition) is 5. The maximum atomic E-state index is 12.7. The summed E-state index contributed by atoms with van der Waals surface area (Å²) in [5.74, 6) is 0.718. The number of amides is 1. The standard InChI is InChI=1S/C17H21NO5/c1-18-15(19)11-23-16(20)17(6-2-3-7-17)12-4-5-13-14(10-12)22-9-8-21-13/h4-5,10H,2-3,6-9,11H2,1H3,(H,18,19). The van der Waals surface area contributed by atoms with Crippen molar-refractivity contribution in [3.05, 3.63) is 23.8 Å². The van der Waals surface area contributed by atoms with Gasteiger partial charge in [-0.2, -0.15) is 0 Å². The van der Waals surface area contributed by atoms with Crippen molar-refractivity contribution >= 4 is 11.9 Å². The van der Waals surface area contributed by atoms with E-state index in [0.29, 0.717) is 24.7 Å². The predicted molar refractivity (Wildman–Crippen MR) is 82.6 cm³/mol. The molecular formula is C17H21NO5. The lowest BCUT2D eigenvalue weighted by Crippen LogP contribution is -2.37. The molecule has 3 rings (SSSR count). The van der Waals surface area contributed by atoms with Crippen molar-refractivity contribution in [2.75, 3.05) is 26.9 Å². The molecule has 6 heteroatoms. The number of carbonyl (C=O) groups excluding carboxylic acids is 2. The number of ether oxygens (including phenoxy) is 3. The van der Waals surface area contributed by atoms with Gasteiger partial charge in [0.1, 0.15) is 13.2 Å². The van der Waals surface area contributed by atoms with E-state index < -0.39 is 5.41 Å². The van der Waals surface area contributed by atoms with E-state index in [2.05, 4.69) is 5.32 Å². The summed E-state index contributed by atoms with van der Waals surface area (Å²) in [5.41, 5.74) is 0.185. The molecular weight excluding hydrogens is 298 g/mol. The molecule has 1 saturated carbocycles. The third-order valence-electron chi connectivity index (χ3n) is 4.56. The summed E-state index contributed by atoms with van der Waals surface area (Å²) < 4.78 is 16.4. The van der Waals surface area contributed by atoms with Crippen molar-refractivity contribution in [3.8, 4) is 11.5 Å². The van der Waals surface area contributed by atoms with E-state index in [4.69, 9.17) is 14.2 Å². The number of rotatable bonds is 4. The highest BCUT2D eigenvalue weighted by Crippen LogP contribution is 2.45. The van der Waals surface area contributed by atoms with Crippen molar-refractivity contribution in [2.24, 2.45) is 0 Å². The van der Waals surface area contributed by atoms with Gasteiger partial charge in [0.25, 0.3) is 5.91 Å². The van der Waals surface area contributed by atoms with Crippen LogP contribution in [0.2, 0.25) is 0 Å². The van der Waals surface area contributed by atoms with E-state index in [1.54, 1.807) is 0 Å². The molecule has 0 spiro atoms. The van der Waals surface area contributed by atoms with E-state index in [0.717, 1.165) is 31.2 Å². The van der Waals surface area contributed by atoms with Gasteiger partial charge in [-0.05, 0) is 30.5 Å². The number of benzene rings is 1. The number of nitrogens with one attached hydrogen (secondary N) is 1. The summed E-state index contributed by atoms with van der Waals surface area (Å²) in [6.07, 6.45) is 3.37. The van der Waals surface area contributed by atoms with Crippen LogP contribution in [-0.4, -0.2) is 38.7 Å². The lowest BCUT2D eigenvalue weighted by atomic mass is 9.78. The molecule has 23 heavy (non-hydrogen) atoms. The Morgan fingerprint density at radius 2 is 1.87 bits per heavy atom. The van der Waals surface area contributed by atoms with E-state index in [1.807, 2.05) is 18.2 Å². The Bertz CT molecular complexity index is 607. The van der Waals surface area contributed by atoms with Crippen LogP contribution < -0.4 is 14.8 Å². The minimum absolute atomic E-state index is 0.248. The van der Waals surface area contributed by atoms with E-state index in [1.165, 1.54) is 7.05 Å². The van der Waals surface area contributed by atoms with Crippen molar-refractivity contribution in [1.29, 1.82) is 0 Å². The van der Waals surface area contributed by atoms with Crippen LogP contribution in [0.1, 0.15) is 31.2 Å². The summed E-state index contributed by atoms with van der Waals surface area (Å²) in [7, 11) is 1.52. The van der Waals surface area contributed by atoms with E-state index in [-0.39, 0.29) is 18.5 Å². The third kappa shape index (κ3) is 2.98. The van der Waals surface area contributed by atoms with Gasteiger partial charge in [-0.15, -0.1) is 0 Å². The van der Waals surface area contributed by atoms with Gasteiger partial charge in [-0.3, -0.25) is 9.59 Å². The van der Waals surface area contributed by atoms with Gasteiger partial charge in [0.2, 0.25) is 0 Å². The molecule has 0 saturated heterocycles. The molecule has 1 amide bonds. The zero-order chi connectivity index (χ0) is 16.3. The second-order valence-corrected chi connectivity index (χ2v) is 5.90. The second-order valence-electron chi connectivity index (χ2n) is 5.90. The summed E-state index contributed by atoms with van der Waals surface area (Å²) >= 11 is 0. The lowest BCUT2D eigenvalue weighted by Gasteiger charge is -2.28. The van der Waals surface area contributed by atoms with Crippen molar-refractivity contribution in [2.45, 2.75) is 31.1 Å². The number of hydrogen-bond donors (Lipinski definition) is 1. The van der Waals surface area contributed by atoms with Crippen molar-refractivity contribution in [1.82, 2.24) is 5.32 Å². The predicted octanol–water partition coefficient (Wildman–Crippen LogP) is 1.56. The average molecular weight is 319 g/mol. The summed E-state index contributed by atoms with van der Waals surface area (Å²) in [5, 5.41) is 2.45. The first-order chi connectivity index (χ1) is 11.2. The molecule has 1 N–H and O–H groups in total. The maximum Gasteiger partial charge on any atom is 0.317 e. The van der Waals surface area contributed by atoms with Gasteiger partial charge in [-0.25, -0.2) is 0 Å². The first-order valence-corrected chi connectivity index (χ1v) is 7.94. The number of fused-ring (bicyclic) bond motifs is 1. The fourth-order valence-corrected chi connectivity index (χ4v) is 3.27. The smallest absolute Gasteiger partial charge is 0.317 e. The minimum atomic E-state index is -0.691. The zero-order valence-corrected chi connectivity index (χ0v) is 13.2. The molecule has 1 fully saturated rings. The minimum Gasteiger partial charge on any atom is -0.486 e. The van der Waals surface area contributed by atoms with Crippen molar-refractivity contribution < 1.29 is 23.8 Å². The molecule has 0 unspecified atom stereocenters. The maximum absolute atomic E-state index is 12.7. The fraction of sp³-hybridized carbons (Fsp3) is 0.529. The van der Waals surface area contributed by atoms with Crippen LogP contribution in [0.25, 0.3) is 0 Å². The topological polar surface area (TPSA) is 73.9 Å². The highest BCUT2D eigenvalue weighted by Gasteiger charge is 2.44. The molecule has 124 valence electrons. The molecule has 0 radical (unpaired) electrons. The summed E-state index contributed by atoms with van der Waals surface area (Å²) in [6.45, 7) is 0.790. The van der Waals surface area contributed by atoms with Gasteiger partial charge in [0.15, 0.2) is 18.1 Å². The molecule has 0 atom stereocenters. The van der Waals surface area contributed by atoms with Gasteiger partial charge >= 0.3 is 5.97 Å². The van der Waals surface area contributed by atoms with E-state index in [9.17, 15) is 9.59 Å². The molecule has 6 nitrogen and oxygen atoms in total. The molecule has 1 heterocycles. The first-order valence-electron chi connectivity index (χ1n) is 7.94. The number of carbonyl (C=O) groups is 2. The monoisotopic (exact) mass is 319 g/mol.